The summed E-state index contributed by atoms with van der Waals surface area (Å²) in [6.07, 6.45) is 4.85. The van der Waals surface area contributed by atoms with Crippen molar-refractivity contribution in [1.29, 1.82) is 0 Å². The third-order valence-corrected chi connectivity index (χ3v) is 4.21. The fourth-order valence-electron chi connectivity index (χ4n) is 3.19. The molecule has 1 saturated heterocycles. The summed E-state index contributed by atoms with van der Waals surface area (Å²) in [4.78, 5) is 14.5. The Balaban J connectivity index is 0.00000192. The fourth-order valence-corrected chi connectivity index (χ4v) is 3.19. The summed E-state index contributed by atoms with van der Waals surface area (Å²) < 4.78 is 1.89. The van der Waals surface area contributed by atoms with Gasteiger partial charge in [-0.25, -0.2) is 4.68 Å². The molecule has 23 heavy (non-hydrogen) atoms. The first kappa shape index (κ1) is 17.9. The number of aryl methyl sites for hydroxylation is 1. The van der Waals surface area contributed by atoms with E-state index in [2.05, 4.69) is 16.1 Å². The van der Waals surface area contributed by atoms with Crippen molar-refractivity contribution in [1.82, 2.24) is 9.78 Å². The van der Waals surface area contributed by atoms with E-state index in [1.807, 2.05) is 35.9 Å². The molecule has 1 aliphatic heterocycles. The number of benzene rings is 1. The van der Waals surface area contributed by atoms with Crippen molar-refractivity contribution in [3.05, 3.63) is 41.6 Å². The van der Waals surface area contributed by atoms with E-state index in [1.165, 1.54) is 25.7 Å². The van der Waals surface area contributed by atoms with Gasteiger partial charge in [-0.3, -0.25) is 4.79 Å². The van der Waals surface area contributed by atoms with Crippen LogP contribution < -0.4 is 4.90 Å². The smallest absolute Gasteiger partial charge is 0.165 e. The second kappa shape index (κ2) is 7.89. The first-order chi connectivity index (χ1) is 10.7. The van der Waals surface area contributed by atoms with Crippen LogP contribution >= 0.6 is 0 Å². The maximum atomic E-state index is 12.2. The van der Waals surface area contributed by atoms with Crippen LogP contribution in [0.1, 0.15) is 48.7 Å². The number of anilines is 1. The number of para-hydroxylation sites is 1. The van der Waals surface area contributed by atoms with Gasteiger partial charge in [0.25, 0.3) is 0 Å². The molecule has 1 aromatic heterocycles. The van der Waals surface area contributed by atoms with Gasteiger partial charge < -0.3 is 4.90 Å². The van der Waals surface area contributed by atoms with Gasteiger partial charge in [0, 0.05) is 33.2 Å². The van der Waals surface area contributed by atoms with E-state index in [-0.39, 0.29) is 25.9 Å². The van der Waals surface area contributed by atoms with E-state index in [9.17, 15) is 4.79 Å². The Morgan fingerprint density at radius 3 is 2.43 bits per heavy atom. The summed E-state index contributed by atoms with van der Waals surface area (Å²) in [7, 11) is 0. The largest absolute Gasteiger partial charge is 0.356 e. The molecule has 0 bridgehead atoms. The van der Waals surface area contributed by atoms with Gasteiger partial charge in [0.1, 0.15) is 5.82 Å². The van der Waals surface area contributed by atoms with Crippen molar-refractivity contribution in [2.75, 3.05) is 18.0 Å². The zero-order valence-corrected chi connectivity index (χ0v) is 16.0. The van der Waals surface area contributed by atoms with Gasteiger partial charge >= 0.3 is 0 Å². The van der Waals surface area contributed by atoms with Crippen LogP contribution in [0, 0.1) is 13.0 Å². The van der Waals surface area contributed by atoms with Gasteiger partial charge in [0.15, 0.2) is 5.78 Å². The molecule has 1 aliphatic rings. The summed E-state index contributed by atoms with van der Waals surface area (Å²) in [5.41, 5.74) is 2.43. The zero-order valence-electron chi connectivity index (χ0n) is 13.6. The van der Waals surface area contributed by atoms with E-state index in [0.29, 0.717) is 0 Å². The Bertz CT molecular complexity index is 658. The van der Waals surface area contributed by atoms with E-state index in [1.54, 1.807) is 6.92 Å². The van der Waals surface area contributed by atoms with Crippen LogP contribution in [0.5, 0.6) is 0 Å². The Kier molecular flexibility index (Phi) is 6.14. The predicted molar refractivity (Wildman–Crippen MR) is 87.8 cm³/mol. The maximum absolute atomic E-state index is 12.2. The van der Waals surface area contributed by atoms with E-state index in [4.69, 9.17) is 0 Å². The van der Waals surface area contributed by atoms with Crippen molar-refractivity contribution >= 4 is 11.6 Å². The standard InChI is InChI=1S/C18H22N3O.Ir/c1-14-17(15(2)22)18(20-12-8-3-4-9-13-20)21(19-14)16-10-6-5-7-11-16;/h5-7,10H,3-4,8-9,12-13H2,1-2H3;/q-1;. The quantitative estimate of drug-likeness (QED) is 0.490. The molecule has 0 N–H and O–H groups in total. The average molecular weight is 489 g/mol. The van der Waals surface area contributed by atoms with E-state index >= 15 is 0 Å². The van der Waals surface area contributed by atoms with Gasteiger partial charge in [0.2, 0.25) is 0 Å². The van der Waals surface area contributed by atoms with Crippen LogP contribution in [-0.2, 0) is 20.1 Å². The third kappa shape index (κ3) is 3.73. The molecule has 125 valence electrons. The molecule has 3 rings (SSSR count). The van der Waals surface area contributed by atoms with Crippen LogP contribution in [0.4, 0.5) is 5.82 Å². The molecule has 5 heteroatoms. The van der Waals surface area contributed by atoms with E-state index in [0.717, 1.165) is 35.9 Å². The minimum absolute atomic E-state index is 0. The average Bonchev–Trinajstić information content (AvgIpc) is 2.70. The first-order valence-corrected chi connectivity index (χ1v) is 8.01. The number of hydrogen-bond acceptors (Lipinski definition) is 3. The van der Waals surface area contributed by atoms with Crippen molar-refractivity contribution in [2.45, 2.75) is 39.5 Å². The molecule has 2 aromatic rings. The van der Waals surface area contributed by atoms with Crippen LogP contribution in [-0.4, -0.2) is 28.7 Å². The van der Waals surface area contributed by atoms with Crippen LogP contribution in [0.2, 0.25) is 0 Å². The molecule has 2 heterocycles. The molecular weight excluding hydrogens is 466 g/mol. The molecule has 4 nitrogen and oxygen atoms in total. The number of aromatic nitrogens is 2. The third-order valence-electron chi connectivity index (χ3n) is 4.21. The number of carbonyl (C=O) groups excluding carboxylic acids is 1. The van der Waals surface area contributed by atoms with Crippen molar-refractivity contribution in [2.24, 2.45) is 0 Å². The maximum Gasteiger partial charge on any atom is 0.165 e. The number of ketones is 1. The van der Waals surface area contributed by atoms with Gasteiger partial charge in [-0.15, -0.1) is 6.07 Å². The Hall–Kier alpha value is -1.45. The molecule has 0 saturated carbocycles. The summed E-state index contributed by atoms with van der Waals surface area (Å²) in [5.74, 6) is 1.02. The number of Topliss-reactive ketones (excluding diaryl/α,β-unsaturated/α-hetero) is 1. The SMILES string of the molecule is CC(=O)c1c(C)nn(-c2[c-]cccc2)c1N1CCCCCC1.[Ir]. The molecule has 0 atom stereocenters. The molecule has 0 amide bonds. The Morgan fingerprint density at radius 2 is 1.87 bits per heavy atom. The summed E-state index contributed by atoms with van der Waals surface area (Å²) in [5, 5.41) is 4.63. The molecule has 0 spiro atoms. The van der Waals surface area contributed by atoms with Gasteiger partial charge in [-0.1, -0.05) is 12.8 Å². The monoisotopic (exact) mass is 489 g/mol. The number of nitrogens with zero attached hydrogens (tertiary/aromatic N) is 3. The fraction of sp³-hybridized carbons (Fsp3) is 0.444. The van der Waals surface area contributed by atoms with E-state index < -0.39 is 0 Å². The van der Waals surface area contributed by atoms with Crippen molar-refractivity contribution in [3.63, 3.8) is 0 Å². The minimum Gasteiger partial charge on any atom is -0.356 e. The first-order valence-electron chi connectivity index (χ1n) is 8.01. The molecule has 1 fully saturated rings. The minimum atomic E-state index is 0. The topological polar surface area (TPSA) is 38.1 Å². The molecule has 0 aliphatic carbocycles. The number of rotatable bonds is 3. The molecule has 1 aromatic carbocycles. The Labute approximate surface area is 151 Å². The predicted octanol–water partition coefficient (Wildman–Crippen LogP) is 3.56. The second-order valence-corrected chi connectivity index (χ2v) is 5.90. The van der Waals surface area contributed by atoms with Crippen LogP contribution in [0.3, 0.4) is 0 Å². The van der Waals surface area contributed by atoms with Crippen molar-refractivity contribution < 1.29 is 24.9 Å². The van der Waals surface area contributed by atoms with Crippen LogP contribution in [0.25, 0.3) is 5.69 Å². The zero-order chi connectivity index (χ0) is 15.5. The summed E-state index contributed by atoms with van der Waals surface area (Å²) in [6.45, 7) is 5.51. The molecular formula is C18H22IrN3O-. The van der Waals surface area contributed by atoms with Gasteiger partial charge in [-0.05, 0) is 32.4 Å². The van der Waals surface area contributed by atoms with Gasteiger partial charge in [-0.2, -0.15) is 29.4 Å². The summed E-state index contributed by atoms with van der Waals surface area (Å²) in [6, 6.07) is 11.0. The van der Waals surface area contributed by atoms with Crippen molar-refractivity contribution in [3.8, 4) is 5.69 Å². The van der Waals surface area contributed by atoms with Crippen LogP contribution in [0.15, 0.2) is 24.3 Å². The van der Waals surface area contributed by atoms with Gasteiger partial charge in [0.05, 0.1) is 11.3 Å². The number of carbonyl (C=O) groups is 1. The summed E-state index contributed by atoms with van der Waals surface area (Å²) >= 11 is 0. The molecule has 0 unspecified atom stereocenters. The Morgan fingerprint density at radius 1 is 1.17 bits per heavy atom. The second-order valence-electron chi connectivity index (χ2n) is 5.90. The molecule has 1 radical (unpaired) electrons. The normalized spacial score (nSPS) is 15.0. The number of hydrogen-bond donors (Lipinski definition) is 0.